The molecular weight excluding hydrogens is 412 g/mol. The molecule has 1 N–H and O–H groups in total. The summed E-state index contributed by atoms with van der Waals surface area (Å²) in [7, 11) is 1.61. The first kappa shape index (κ1) is 24.8. The summed E-state index contributed by atoms with van der Waals surface area (Å²) in [6, 6.07) is 10.7. The molecule has 0 amide bonds. The fourth-order valence-corrected chi connectivity index (χ4v) is 4.59. The number of hydrogen-bond donors (Lipinski definition) is 1. The van der Waals surface area contributed by atoms with E-state index >= 15 is 0 Å². The maximum Gasteiger partial charge on any atom is 0.328 e. The van der Waals surface area contributed by atoms with Crippen molar-refractivity contribution in [3.8, 4) is 16.9 Å². The highest BCUT2D eigenvalue weighted by Gasteiger charge is 2.37. The summed E-state index contributed by atoms with van der Waals surface area (Å²) in [6.07, 6.45) is 7.27. The lowest BCUT2D eigenvalue weighted by atomic mass is 9.62. The summed E-state index contributed by atoms with van der Waals surface area (Å²) in [5.74, 6) is -0.181. The van der Waals surface area contributed by atoms with Crippen LogP contribution in [0, 0.1) is 6.92 Å². The number of benzene rings is 2. The zero-order chi connectivity index (χ0) is 24.4. The number of aryl methyl sites for hydroxylation is 1. The first-order valence-corrected chi connectivity index (χ1v) is 11.5. The topological polar surface area (TPSA) is 55.8 Å². The number of carboxylic acids is 1. The van der Waals surface area contributed by atoms with Crippen molar-refractivity contribution in [2.45, 2.75) is 65.2 Å². The van der Waals surface area contributed by atoms with Crippen LogP contribution in [0.15, 0.2) is 48.1 Å². The quantitative estimate of drug-likeness (QED) is 0.280. The van der Waals surface area contributed by atoms with Crippen molar-refractivity contribution < 1.29 is 19.4 Å². The third kappa shape index (κ3) is 5.56. The van der Waals surface area contributed by atoms with E-state index < -0.39 is 5.97 Å². The second-order valence-corrected chi connectivity index (χ2v) is 10.3. The smallest absolute Gasteiger partial charge is 0.328 e. The number of carbonyl (C=O) groups is 1. The molecule has 33 heavy (non-hydrogen) atoms. The fraction of sp³-hybridized carbons (Fsp3) is 0.414. The molecule has 176 valence electrons. The Labute approximate surface area is 197 Å². The van der Waals surface area contributed by atoms with Gasteiger partial charge in [-0.05, 0) is 89.1 Å². The van der Waals surface area contributed by atoms with Crippen LogP contribution in [0.4, 0.5) is 0 Å². The highest BCUT2D eigenvalue weighted by atomic mass is 16.7. The Morgan fingerprint density at radius 3 is 2.27 bits per heavy atom. The molecule has 4 nitrogen and oxygen atoms in total. The molecule has 0 fully saturated rings. The lowest BCUT2D eigenvalue weighted by molar-refractivity contribution is -0.131. The number of allylic oxidation sites excluding steroid dienone is 2. The minimum Gasteiger partial charge on any atom is -0.478 e. The molecule has 2 aromatic carbocycles. The molecule has 0 saturated heterocycles. The second kappa shape index (κ2) is 9.56. The summed E-state index contributed by atoms with van der Waals surface area (Å²) >= 11 is 0. The number of aliphatic carboxylic acids is 1. The Morgan fingerprint density at radius 2 is 1.67 bits per heavy atom. The maximum atomic E-state index is 10.9. The molecule has 0 saturated carbocycles. The predicted molar refractivity (Wildman–Crippen MR) is 135 cm³/mol. The van der Waals surface area contributed by atoms with E-state index in [1.165, 1.54) is 29.2 Å². The van der Waals surface area contributed by atoms with Gasteiger partial charge in [0.25, 0.3) is 0 Å². The van der Waals surface area contributed by atoms with Crippen molar-refractivity contribution in [3.05, 3.63) is 70.3 Å². The van der Waals surface area contributed by atoms with E-state index in [1.54, 1.807) is 14.0 Å². The first-order chi connectivity index (χ1) is 15.4. The molecular formula is C29H36O4. The molecule has 1 aliphatic rings. The third-order valence-corrected chi connectivity index (χ3v) is 6.71. The minimum atomic E-state index is -0.948. The Hall–Kier alpha value is -2.85. The minimum absolute atomic E-state index is 0.108. The fourth-order valence-electron chi connectivity index (χ4n) is 4.59. The van der Waals surface area contributed by atoms with Crippen LogP contribution < -0.4 is 4.74 Å². The van der Waals surface area contributed by atoms with Crippen LogP contribution >= 0.6 is 0 Å². The number of carboxylic acid groups (broad SMARTS) is 1. The molecule has 0 radical (unpaired) electrons. The average Bonchev–Trinajstić information content (AvgIpc) is 2.74. The molecule has 4 heteroatoms. The number of fused-ring (bicyclic) bond motifs is 1. The maximum absolute atomic E-state index is 10.9. The van der Waals surface area contributed by atoms with Gasteiger partial charge in [0.05, 0.1) is 0 Å². The van der Waals surface area contributed by atoms with Crippen LogP contribution in [0.25, 0.3) is 17.2 Å². The first-order valence-electron chi connectivity index (χ1n) is 11.5. The van der Waals surface area contributed by atoms with Crippen molar-refractivity contribution in [2.24, 2.45) is 0 Å². The van der Waals surface area contributed by atoms with Crippen molar-refractivity contribution >= 4 is 12.0 Å². The van der Waals surface area contributed by atoms with Gasteiger partial charge in [0, 0.05) is 18.7 Å². The van der Waals surface area contributed by atoms with Crippen LogP contribution in [0.1, 0.15) is 69.7 Å². The predicted octanol–water partition coefficient (Wildman–Crippen LogP) is 7.04. The number of methoxy groups -OCH3 is 1. The van der Waals surface area contributed by atoms with E-state index in [9.17, 15) is 4.79 Å². The Balaban J connectivity index is 2.15. The Kier molecular flexibility index (Phi) is 7.18. The lowest BCUT2D eigenvalue weighted by Gasteiger charge is -2.42. The van der Waals surface area contributed by atoms with E-state index in [1.807, 2.05) is 24.3 Å². The monoisotopic (exact) mass is 448 g/mol. The van der Waals surface area contributed by atoms with Gasteiger partial charge in [0.15, 0.2) is 6.79 Å². The molecule has 0 bridgehead atoms. The van der Waals surface area contributed by atoms with Crippen molar-refractivity contribution in [2.75, 3.05) is 13.9 Å². The molecule has 0 heterocycles. The normalized spacial score (nSPS) is 17.1. The van der Waals surface area contributed by atoms with Crippen LogP contribution in [-0.2, 0) is 20.4 Å². The van der Waals surface area contributed by atoms with Gasteiger partial charge >= 0.3 is 5.97 Å². The summed E-state index contributed by atoms with van der Waals surface area (Å²) < 4.78 is 11.1. The van der Waals surface area contributed by atoms with Gasteiger partial charge in [0.1, 0.15) is 5.75 Å². The largest absolute Gasteiger partial charge is 0.478 e. The molecule has 3 rings (SSSR count). The van der Waals surface area contributed by atoms with E-state index in [2.05, 4.69) is 52.8 Å². The van der Waals surface area contributed by atoms with E-state index in [4.69, 9.17) is 14.6 Å². The van der Waals surface area contributed by atoms with Gasteiger partial charge in [0.2, 0.25) is 0 Å². The van der Waals surface area contributed by atoms with Crippen LogP contribution in [0.2, 0.25) is 0 Å². The SMILES string of the molecule is COCOc1ccc(/C=C/C(C)=C/C(=O)O)cc1-c1cc2c(cc1C)C(C)(C)CCC2(C)C. The van der Waals surface area contributed by atoms with Crippen molar-refractivity contribution in [1.29, 1.82) is 0 Å². The van der Waals surface area contributed by atoms with Crippen LogP contribution in [0.5, 0.6) is 5.75 Å². The standard InChI is InChI=1S/C29H36O4/c1-19(14-27(30)31)8-9-21-10-11-26(33-18-32-7)23(16-21)22-17-25-24(15-20(22)2)28(3,4)12-13-29(25,5)6/h8-11,14-17H,12-13,18H2,1-7H3,(H,30,31)/b9-8+,19-14+. The molecule has 2 aromatic rings. The zero-order valence-electron chi connectivity index (χ0n) is 20.9. The molecule has 1 aliphatic carbocycles. The Bertz CT molecular complexity index is 1100. The summed E-state index contributed by atoms with van der Waals surface area (Å²) in [5, 5.41) is 8.96. The summed E-state index contributed by atoms with van der Waals surface area (Å²) in [5.41, 5.74) is 8.13. The van der Waals surface area contributed by atoms with Gasteiger partial charge in [-0.1, -0.05) is 52.0 Å². The van der Waals surface area contributed by atoms with E-state index in [0.717, 1.165) is 28.9 Å². The molecule has 0 spiro atoms. The molecule has 0 unspecified atom stereocenters. The van der Waals surface area contributed by atoms with E-state index in [0.29, 0.717) is 5.57 Å². The molecule has 0 aliphatic heterocycles. The average molecular weight is 449 g/mol. The lowest BCUT2D eigenvalue weighted by Crippen LogP contribution is -2.34. The number of ether oxygens (including phenoxy) is 2. The third-order valence-electron chi connectivity index (χ3n) is 6.71. The summed E-state index contributed by atoms with van der Waals surface area (Å²) in [4.78, 5) is 10.9. The number of rotatable bonds is 7. The van der Waals surface area contributed by atoms with Crippen molar-refractivity contribution in [3.63, 3.8) is 0 Å². The Morgan fingerprint density at radius 1 is 1.03 bits per heavy atom. The van der Waals surface area contributed by atoms with Gasteiger partial charge in [-0.15, -0.1) is 0 Å². The second-order valence-electron chi connectivity index (χ2n) is 10.3. The molecule has 0 atom stereocenters. The van der Waals surface area contributed by atoms with Gasteiger partial charge < -0.3 is 14.6 Å². The van der Waals surface area contributed by atoms with Crippen molar-refractivity contribution in [1.82, 2.24) is 0 Å². The molecule has 0 aromatic heterocycles. The van der Waals surface area contributed by atoms with Gasteiger partial charge in [-0.25, -0.2) is 4.79 Å². The highest BCUT2D eigenvalue weighted by Crippen LogP contribution is 2.48. The zero-order valence-corrected chi connectivity index (χ0v) is 20.9. The van der Waals surface area contributed by atoms with Crippen LogP contribution in [-0.4, -0.2) is 25.0 Å². The highest BCUT2D eigenvalue weighted by molar-refractivity contribution is 5.82. The van der Waals surface area contributed by atoms with E-state index in [-0.39, 0.29) is 17.6 Å². The van der Waals surface area contributed by atoms with Crippen LogP contribution in [0.3, 0.4) is 0 Å². The van der Waals surface area contributed by atoms with Gasteiger partial charge in [-0.3, -0.25) is 0 Å². The van der Waals surface area contributed by atoms with Gasteiger partial charge in [-0.2, -0.15) is 0 Å². The summed E-state index contributed by atoms with van der Waals surface area (Å²) in [6.45, 7) is 13.5. The number of hydrogen-bond acceptors (Lipinski definition) is 3.